The van der Waals surface area contributed by atoms with Crippen LogP contribution in [-0.4, -0.2) is 52.5 Å². The fourth-order valence-corrected chi connectivity index (χ4v) is 4.91. The second kappa shape index (κ2) is 9.88. The molecule has 1 aliphatic heterocycles. The second-order valence-corrected chi connectivity index (χ2v) is 9.70. The van der Waals surface area contributed by atoms with Gasteiger partial charge in [-0.15, -0.1) is 0 Å². The molecule has 0 spiro atoms. The molecule has 0 atom stereocenters. The summed E-state index contributed by atoms with van der Waals surface area (Å²) in [7, 11) is -1.99. The van der Waals surface area contributed by atoms with E-state index in [0.717, 1.165) is 16.7 Å². The van der Waals surface area contributed by atoms with Gasteiger partial charge < -0.3 is 15.0 Å². The van der Waals surface area contributed by atoms with Crippen LogP contribution >= 0.6 is 22.6 Å². The number of amides is 1. The minimum Gasteiger partial charge on any atom is -0.496 e. The van der Waals surface area contributed by atoms with Crippen LogP contribution in [0.3, 0.4) is 0 Å². The van der Waals surface area contributed by atoms with Crippen molar-refractivity contribution in [1.82, 2.24) is 9.62 Å². The molecule has 3 rings (SSSR count). The number of likely N-dealkylation sites (tertiary alicyclic amines) is 1. The quantitative estimate of drug-likeness (QED) is 0.514. The molecule has 0 radical (unpaired) electrons. The number of hydrogen-bond donors (Lipinski definition) is 2. The summed E-state index contributed by atoms with van der Waals surface area (Å²) in [6, 6.07) is 11.3. The Hall–Kier alpha value is -1.69. The van der Waals surface area contributed by atoms with E-state index in [1.54, 1.807) is 37.4 Å². The van der Waals surface area contributed by atoms with E-state index in [1.807, 2.05) is 0 Å². The number of hydrogen-bond acceptors (Lipinski definition) is 5. The smallest absolute Gasteiger partial charge is 0.255 e. The van der Waals surface area contributed by atoms with E-state index in [9.17, 15) is 13.2 Å². The lowest BCUT2D eigenvalue weighted by Gasteiger charge is -2.15. The van der Waals surface area contributed by atoms with Gasteiger partial charge in [-0.05, 0) is 91.0 Å². The van der Waals surface area contributed by atoms with Crippen molar-refractivity contribution in [2.45, 2.75) is 17.7 Å². The number of ether oxygens (including phenoxy) is 1. The molecule has 9 heteroatoms. The highest BCUT2D eigenvalue weighted by molar-refractivity contribution is 14.1. The largest absolute Gasteiger partial charge is 0.496 e. The Kier molecular flexibility index (Phi) is 7.49. The second-order valence-electron chi connectivity index (χ2n) is 6.77. The molecule has 1 fully saturated rings. The fourth-order valence-electron chi connectivity index (χ4n) is 3.16. The zero-order valence-corrected chi connectivity index (χ0v) is 19.1. The number of sulfonamides is 1. The van der Waals surface area contributed by atoms with Crippen molar-refractivity contribution in [2.24, 2.45) is 0 Å². The van der Waals surface area contributed by atoms with Gasteiger partial charge in [-0.3, -0.25) is 4.79 Å². The number of nitrogens with one attached hydrogen (secondary N) is 2. The normalized spacial score (nSPS) is 14.7. The monoisotopic (exact) mass is 529 g/mol. The van der Waals surface area contributed by atoms with Crippen LogP contribution in [-0.2, 0) is 10.0 Å². The summed E-state index contributed by atoms with van der Waals surface area (Å²) in [5.74, 6) is 0.429. The number of carbonyl (C=O) groups excluding carboxylic acids is 1. The van der Waals surface area contributed by atoms with Crippen LogP contribution in [0.1, 0.15) is 23.2 Å². The van der Waals surface area contributed by atoms with Crippen molar-refractivity contribution in [2.75, 3.05) is 38.6 Å². The molecule has 0 bridgehead atoms. The van der Waals surface area contributed by atoms with Crippen molar-refractivity contribution < 1.29 is 17.9 Å². The van der Waals surface area contributed by atoms with Crippen molar-refractivity contribution in [3.63, 3.8) is 0 Å². The maximum atomic E-state index is 12.4. The number of carbonyl (C=O) groups is 1. The summed E-state index contributed by atoms with van der Waals surface area (Å²) in [6.07, 6.45) is 2.35. The van der Waals surface area contributed by atoms with Gasteiger partial charge in [-0.1, -0.05) is 0 Å². The molecule has 2 N–H and O–H groups in total. The van der Waals surface area contributed by atoms with Gasteiger partial charge >= 0.3 is 0 Å². The van der Waals surface area contributed by atoms with Gasteiger partial charge in [0.05, 0.1) is 15.6 Å². The molecular weight excluding hydrogens is 505 g/mol. The van der Waals surface area contributed by atoms with Crippen molar-refractivity contribution >= 4 is 44.2 Å². The Morgan fingerprint density at radius 2 is 1.83 bits per heavy atom. The first-order valence-corrected chi connectivity index (χ1v) is 11.9. The molecule has 1 amide bonds. The Bertz CT molecular complexity index is 958. The molecule has 7 nitrogen and oxygen atoms in total. The Morgan fingerprint density at radius 1 is 1.14 bits per heavy atom. The maximum absolute atomic E-state index is 12.4. The van der Waals surface area contributed by atoms with Crippen LogP contribution in [0.4, 0.5) is 5.69 Å². The van der Waals surface area contributed by atoms with Crippen LogP contribution in [0.15, 0.2) is 47.4 Å². The SMILES string of the molecule is COc1ccc(C(=O)Nc2ccc(S(=O)(=O)NCCN3CCCC3)cc2)cc1I. The van der Waals surface area contributed by atoms with E-state index in [4.69, 9.17) is 4.74 Å². The number of anilines is 1. The van der Waals surface area contributed by atoms with Gasteiger partial charge in [0, 0.05) is 24.3 Å². The van der Waals surface area contributed by atoms with Gasteiger partial charge in [-0.25, -0.2) is 13.1 Å². The molecule has 0 aliphatic carbocycles. The minimum atomic E-state index is -3.57. The van der Waals surface area contributed by atoms with E-state index in [0.29, 0.717) is 30.1 Å². The van der Waals surface area contributed by atoms with E-state index < -0.39 is 10.0 Å². The Labute approximate surface area is 185 Å². The molecule has 0 unspecified atom stereocenters. The Balaban J connectivity index is 1.58. The third kappa shape index (κ3) is 5.91. The lowest BCUT2D eigenvalue weighted by Crippen LogP contribution is -2.33. The number of rotatable bonds is 8. The summed E-state index contributed by atoms with van der Waals surface area (Å²) >= 11 is 2.10. The van der Waals surface area contributed by atoms with Crippen LogP contribution < -0.4 is 14.8 Å². The van der Waals surface area contributed by atoms with Gasteiger partial charge in [0.2, 0.25) is 10.0 Å². The molecule has 1 saturated heterocycles. The zero-order valence-electron chi connectivity index (χ0n) is 16.2. The van der Waals surface area contributed by atoms with E-state index >= 15 is 0 Å². The van der Waals surface area contributed by atoms with Crippen LogP contribution in [0.5, 0.6) is 5.75 Å². The summed E-state index contributed by atoms with van der Waals surface area (Å²) in [6.45, 7) is 3.16. The fraction of sp³-hybridized carbons (Fsp3) is 0.350. The molecule has 0 aromatic heterocycles. The highest BCUT2D eigenvalue weighted by Gasteiger charge is 2.16. The van der Waals surface area contributed by atoms with E-state index in [1.165, 1.54) is 25.0 Å². The third-order valence-electron chi connectivity index (χ3n) is 4.76. The lowest BCUT2D eigenvalue weighted by molar-refractivity contribution is 0.102. The predicted octanol–water partition coefficient (Wildman–Crippen LogP) is 2.93. The van der Waals surface area contributed by atoms with Crippen molar-refractivity contribution in [1.29, 1.82) is 0 Å². The number of benzene rings is 2. The minimum absolute atomic E-state index is 0.177. The predicted molar refractivity (Wildman–Crippen MR) is 121 cm³/mol. The molecule has 29 heavy (non-hydrogen) atoms. The average molecular weight is 529 g/mol. The Morgan fingerprint density at radius 3 is 2.45 bits per heavy atom. The van der Waals surface area contributed by atoms with Crippen molar-refractivity contribution in [3.8, 4) is 5.75 Å². The standard InChI is InChI=1S/C20H24IN3O4S/c1-28-19-9-4-15(14-18(19)21)20(25)23-16-5-7-17(8-6-16)29(26,27)22-10-13-24-11-2-3-12-24/h4-9,14,22H,2-3,10-13H2,1H3,(H,23,25). The van der Waals surface area contributed by atoms with Crippen LogP contribution in [0.2, 0.25) is 0 Å². The van der Waals surface area contributed by atoms with Gasteiger partial charge in [0.1, 0.15) is 5.75 Å². The number of nitrogens with zero attached hydrogens (tertiary/aromatic N) is 1. The van der Waals surface area contributed by atoms with E-state index in [-0.39, 0.29) is 10.8 Å². The molecule has 2 aromatic carbocycles. The van der Waals surface area contributed by atoms with Crippen LogP contribution in [0.25, 0.3) is 0 Å². The summed E-state index contributed by atoms with van der Waals surface area (Å²) in [5, 5.41) is 2.78. The topological polar surface area (TPSA) is 87.7 Å². The van der Waals surface area contributed by atoms with Crippen LogP contribution in [0, 0.1) is 3.57 Å². The molecule has 0 saturated carbocycles. The zero-order chi connectivity index (χ0) is 20.9. The summed E-state index contributed by atoms with van der Waals surface area (Å²) in [5.41, 5.74) is 1.02. The lowest BCUT2D eigenvalue weighted by atomic mass is 10.2. The average Bonchev–Trinajstić information content (AvgIpc) is 3.21. The summed E-state index contributed by atoms with van der Waals surface area (Å²) < 4.78 is 33.5. The first kappa shape index (κ1) is 22.0. The molecule has 2 aromatic rings. The highest BCUT2D eigenvalue weighted by Crippen LogP contribution is 2.22. The van der Waals surface area contributed by atoms with Gasteiger partial charge in [-0.2, -0.15) is 0 Å². The third-order valence-corrected chi connectivity index (χ3v) is 7.08. The van der Waals surface area contributed by atoms with Gasteiger partial charge in [0.25, 0.3) is 5.91 Å². The maximum Gasteiger partial charge on any atom is 0.255 e. The highest BCUT2D eigenvalue weighted by atomic mass is 127. The number of methoxy groups -OCH3 is 1. The molecule has 1 aliphatic rings. The molecule has 156 valence electrons. The molecular formula is C20H24IN3O4S. The van der Waals surface area contributed by atoms with Gasteiger partial charge in [0.15, 0.2) is 0 Å². The van der Waals surface area contributed by atoms with E-state index in [2.05, 4.69) is 37.5 Å². The summed E-state index contributed by atoms with van der Waals surface area (Å²) in [4.78, 5) is 14.9. The molecule has 1 heterocycles. The first-order chi connectivity index (χ1) is 13.9. The number of halogens is 1. The first-order valence-electron chi connectivity index (χ1n) is 9.36. The van der Waals surface area contributed by atoms with Crippen molar-refractivity contribution in [3.05, 3.63) is 51.6 Å².